The maximum atomic E-state index is 10.8. The first-order valence-corrected chi connectivity index (χ1v) is 8.25. The molecule has 24 heavy (non-hydrogen) atoms. The number of thioether (sulfide) groups is 1. The summed E-state index contributed by atoms with van der Waals surface area (Å²) in [5.41, 5.74) is 1.81. The first-order chi connectivity index (χ1) is 11.7. The number of carboxylic acids is 1. The van der Waals surface area contributed by atoms with E-state index in [0.29, 0.717) is 11.8 Å². The molecule has 3 aromatic rings. The third kappa shape index (κ3) is 4.14. The molecule has 6 nitrogen and oxygen atoms in total. The number of para-hydroxylation sites is 1. The van der Waals surface area contributed by atoms with Crippen LogP contribution in [0.2, 0.25) is 0 Å². The van der Waals surface area contributed by atoms with Crippen LogP contribution in [0.25, 0.3) is 5.69 Å². The number of rotatable bonds is 7. The van der Waals surface area contributed by atoms with Crippen LogP contribution in [0.3, 0.4) is 0 Å². The Morgan fingerprint density at radius 2 is 1.75 bits per heavy atom. The summed E-state index contributed by atoms with van der Waals surface area (Å²) in [5.74, 6) is -1.00. The molecule has 122 valence electrons. The van der Waals surface area contributed by atoms with Gasteiger partial charge in [0.25, 0.3) is 0 Å². The van der Waals surface area contributed by atoms with E-state index in [-0.39, 0.29) is 11.8 Å². The SMILES string of the molecule is O=C(O)CSc1nc(OCc2ccccc2)nn1-c1ccccc1. The van der Waals surface area contributed by atoms with Gasteiger partial charge in [-0.15, -0.1) is 5.10 Å². The number of ether oxygens (including phenoxy) is 1. The lowest BCUT2D eigenvalue weighted by Crippen LogP contribution is -2.02. The van der Waals surface area contributed by atoms with Gasteiger partial charge >= 0.3 is 12.0 Å². The fourth-order valence-electron chi connectivity index (χ4n) is 2.02. The van der Waals surface area contributed by atoms with Gasteiger partial charge in [-0.2, -0.15) is 4.98 Å². The first kappa shape index (κ1) is 16.1. The Labute approximate surface area is 143 Å². The molecular formula is C17H15N3O3S. The van der Waals surface area contributed by atoms with E-state index in [1.807, 2.05) is 60.7 Å². The van der Waals surface area contributed by atoms with E-state index >= 15 is 0 Å². The van der Waals surface area contributed by atoms with Crippen LogP contribution in [0, 0.1) is 0 Å². The fraction of sp³-hybridized carbons (Fsp3) is 0.118. The number of carboxylic acid groups (broad SMARTS) is 1. The van der Waals surface area contributed by atoms with Crippen LogP contribution in [-0.2, 0) is 11.4 Å². The van der Waals surface area contributed by atoms with E-state index in [9.17, 15) is 4.79 Å². The van der Waals surface area contributed by atoms with Gasteiger partial charge in [-0.3, -0.25) is 4.79 Å². The zero-order chi connectivity index (χ0) is 16.8. The van der Waals surface area contributed by atoms with Crippen LogP contribution in [0.1, 0.15) is 5.56 Å². The Morgan fingerprint density at radius 3 is 2.42 bits per heavy atom. The van der Waals surface area contributed by atoms with Crippen molar-refractivity contribution in [2.45, 2.75) is 11.8 Å². The summed E-state index contributed by atoms with van der Waals surface area (Å²) in [6.07, 6.45) is 0. The molecule has 0 aliphatic rings. The molecule has 0 saturated heterocycles. The number of hydrogen-bond donors (Lipinski definition) is 1. The molecule has 3 rings (SSSR count). The highest BCUT2D eigenvalue weighted by Crippen LogP contribution is 2.22. The highest BCUT2D eigenvalue weighted by Gasteiger charge is 2.14. The average Bonchev–Trinajstić information content (AvgIpc) is 3.03. The van der Waals surface area contributed by atoms with Crippen molar-refractivity contribution in [2.75, 3.05) is 5.75 Å². The van der Waals surface area contributed by atoms with Crippen molar-refractivity contribution in [3.63, 3.8) is 0 Å². The molecule has 0 bridgehead atoms. The van der Waals surface area contributed by atoms with Crippen LogP contribution < -0.4 is 4.74 Å². The number of aliphatic carboxylic acids is 1. The van der Waals surface area contributed by atoms with E-state index in [4.69, 9.17) is 9.84 Å². The van der Waals surface area contributed by atoms with Crippen LogP contribution in [0.5, 0.6) is 6.01 Å². The van der Waals surface area contributed by atoms with Crippen LogP contribution in [0.4, 0.5) is 0 Å². The molecule has 0 aliphatic carbocycles. The lowest BCUT2D eigenvalue weighted by Gasteiger charge is -2.03. The summed E-state index contributed by atoms with van der Waals surface area (Å²) in [6.45, 7) is 0.350. The minimum Gasteiger partial charge on any atom is -0.481 e. The van der Waals surface area contributed by atoms with E-state index in [1.165, 1.54) is 0 Å². The molecule has 1 aromatic heterocycles. The van der Waals surface area contributed by atoms with Crippen molar-refractivity contribution < 1.29 is 14.6 Å². The summed E-state index contributed by atoms with van der Waals surface area (Å²) in [5, 5.41) is 13.7. The summed E-state index contributed by atoms with van der Waals surface area (Å²) in [6, 6.07) is 19.3. The maximum absolute atomic E-state index is 10.8. The van der Waals surface area contributed by atoms with Crippen molar-refractivity contribution in [2.24, 2.45) is 0 Å². The van der Waals surface area contributed by atoms with Crippen molar-refractivity contribution in [3.8, 4) is 11.7 Å². The van der Waals surface area contributed by atoms with E-state index in [1.54, 1.807) is 4.68 Å². The van der Waals surface area contributed by atoms with Gasteiger partial charge in [0.2, 0.25) is 0 Å². The van der Waals surface area contributed by atoms with E-state index in [0.717, 1.165) is 23.0 Å². The second-order valence-corrected chi connectivity index (χ2v) is 5.82. The van der Waals surface area contributed by atoms with Crippen molar-refractivity contribution in [1.82, 2.24) is 14.8 Å². The molecule has 1 heterocycles. The monoisotopic (exact) mass is 341 g/mol. The van der Waals surface area contributed by atoms with Crippen molar-refractivity contribution in [1.29, 1.82) is 0 Å². The van der Waals surface area contributed by atoms with Crippen molar-refractivity contribution >= 4 is 17.7 Å². The summed E-state index contributed by atoms with van der Waals surface area (Å²) in [4.78, 5) is 15.1. The number of nitrogens with zero attached hydrogens (tertiary/aromatic N) is 3. The molecule has 0 amide bonds. The zero-order valence-electron chi connectivity index (χ0n) is 12.7. The minimum absolute atomic E-state index is 0.0936. The Bertz CT molecular complexity index is 806. The molecule has 1 N–H and O–H groups in total. The average molecular weight is 341 g/mol. The van der Waals surface area contributed by atoms with Gasteiger partial charge in [0.15, 0.2) is 5.16 Å². The number of hydrogen-bond acceptors (Lipinski definition) is 5. The molecule has 0 spiro atoms. The molecular weight excluding hydrogens is 326 g/mol. The molecule has 2 aromatic carbocycles. The standard InChI is InChI=1S/C17H15N3O3S/c21-15(22)12-24-17-18-16(23-11-13-7-3-1-4-8-13)19-20(17)14-9-5-2-6-10-14/h1-10H,11-12H2,(H,21,22). The zero-order valence-corrected chi connectivity index (χ0v) is 13.5. The third-order valence-electron chi connectivity index (χ3n) is 3.09. The second kappa shape index (κ2) is 7.65. The minimum atomic E-state index is -0.908. The molecule has 0 unspecified atom stereocenters. The Morgan fingerprint density at radius 1 is 1.08 bits per heavy atom. The van der Waals surface area contributed by atoms with Crippen molar-refractivity contribution in [3.05, 3.63) is 66.2 Å². The molecule has 0 saturated carbocycles. The largest absolute Gasteiger partial charge is 0.481 e. The predicted molar refractivity (Wildman–Crippen MR) is 90.5 cm³/mol. The molecule has 7 heteroatoms. The maximum Gasteiger partial charge on any atom is 0.337 e. The molecule has 0 fully saturated rings. The first-order valence-electron chi connectivity index (χ1n) is 7.26. The van der Waals surface area contributed by atoms with Gasteiger partial charge in [0, 0.05) is 0 Å². The fourth-order valence-corrected chi connectivity index (χ4v) is 2.68. The van der Waals surface area contributed by atoms with Gasteiger partial charge in [0.05, 0.1) is 11.4 Å². The van der Waals surface area contributed by atoms with Gasteiger partial charge in [0.1, 0.15) is 6.61 Å². The lowest BCUT2D eigenvalue weighted by molar-refractivity contribution is -0.133. The van der Waals surface area contributed by atoms with Gasteiger partial charge in [-0.1, -0.05) is 60.3 Å². The van der Waals surface area contributed by atoms with E-state index in [2.05, 4.69) is 10.1 Å². The van der Waals surface area contributed by atoms with Crippen LogP contribution in [0.15, 0.2) is 65.8 Å². The molecule has 0 atom stereocenters. The van der Waals surface area contributed by atoms with Gasteiger partial charge in [-0.25, -0.2) is 4.68 Å². The lowest BCUT2D eigenvalue weighted by atomic mass is 10.2. The summed E-state index contributed by atoms with van der Waals surface area (Å²) >= 11 is 1.10. The van der Waals surface area contributed by atoms with Crippen LogP contribution >= 0.6 is 11.8 Å². The highest BCUT2D eigenvalue weighted by molar-refractivity contribution is 7.99. The Balaban J connectivity index is 1.81. The highest BCUT2D eigenvalue weighted by atomic mass is 32.2. The van der Waals surface area contributed by atoms with Gasteiger partial charge < -0.3 is 9.84 Å². The molecule has 0 aliphatic heterocycles. The summed E-state index contributed by atoms with van der Waals surface area (Å²) < 4.78 is 7.23. The topological polar surface area (TPSA) is 77.2 Å². The normalized spacial score (nSPS) is 10.5. The smallest absolute Gasteiger partial charge is 0.337 e. The number of aromatic nitrogens is 3. The molecule has 0 radical (unpaired) electrons. The Hall–Kier alpha value is -2.80. The quantitative estimate of drug-likeness (QED) is 0.666. The number of carbonyl (C=O) groups is 1. The van der Waals surface area contributed by atoms with E-state index < -0.39 is 5.97 Å². The second-order valence-electron chi connectivity index (χ2n) is 4.88. The Kier molecular flexibility index (Phi) is 5.12. The van der Waals surface area contributed by atoms with Gasteiger partial charge in [-0.05, 0) is 17.7 Å². The number of benzene rings is 2. The third-order valence-corrected chi connectivity index (χ3v) is 4.01. The summed E-state index contributed by atoms with van der Waals surface area (Å²) in [7, 11) is 0. The van der Waals surface area contributed by atoms with Crippen LogP contribution in [-0.4, -0.2) is 31.6 Å². The predicted octanol–water partition coefficient (Wildman–Crippen LogP) is 3.02.